The normalized spacial score (nSPS) is 23.8. The maximum absolute atomic E-state index is 4.99. The van der Waals surface area contributed by atoms with Gasteiger partial charge in [0, 0.05) is 40.7 Å². The first-order chi connectivity index (χ1) is 34.9. The van der Waals surface area contributed by atoms with Crippen molar-refractivity contribution in [3.63, 3.8) is 0 Å². The number of anilines is 2. The fraction of sp³-hybridized carbons (Fsp3) is 0.343. The van der Waals surface area contributed by atoms with Gasteiger partial charge >= 0.3 is 0 Å². The van der Waals surface area contributed by atoms with E-state index in [1.807, 2.05) is 0 Å². The molecule has 4 aromatic rings. The molecule has 0 aliphatic heterocycles. The maximum Gasteiger partial charge on any atom is 0.0496 e. The van der Waals surface area contributed by atoms with Crippen LogP contribution in [-0.4, -0.2) is 0 Å². The third-order valence-electron chi connectivity index (χ3n) is 16.9. The highest BCUT2D eigenvalue weighted by Crippen LogP contribution is 2.46. The zero-order valence-corrected chi connectivity index (χ0v) is 43.0. The Bertz CT molecular complexity index is 2840. The molecule has 0 N–H and O–H groups in total. The minimum Gasteiger partial charge on any atom is -0.311 e. The lowest BCUT2D eigenvalue weighted by Crippen LogP contribution is -2.21. The first-order valence-electron chi connectivity index (χ1n) is 27.7. The van der Waals surface area contributed by atoms with Crippen LogP contribution in [0.25, 0.3) is 5.57 Å². The van der Waals surface area contributed by atoms with E-state index in [1.54, 1.807) is 5.57 Å². The van der Waals surface area contributed by atoms with Gasteiger partial charge in [0.05, 0.1) is 0 Å². The number of nitrogens with zero attached hydrogens (tertiary/aromatic N) is 1. The Labute approximate surface area is 428 Å². The SMILES string of the molecule is C=C(C1=CC(C)C(c2ccccc2)CC1)C(CC)C(/C=C(\CCC)C1C=CC(c2cccc(N(C3=CCC(C4=CCCC=C4)C=C3)c3cccc4c3CCCC4)c2)=CC1)c1ccc(C2C=CC=CC2)cc1. The average Bonchev–Trinajstić information content (AvgIpc) is 3.44. The van der Waals surface area contributed by atoms with Gasteiger partial charge in [-0.25, -0.2) is 0 Å². The molecule has 0 heterocycles. The molecule has 10 rings (SSSR count). The Kier molecular flexibility index (Phi) is 15.6. The molecule has 0 bridgehead atoms. The molecule has 1 nitrogen and oxygen atoms in total. The summed E-state index contributed by atoms with van der Waals surface area (Å²) in [7, 11) is 0. The number of fused-ring (bicyclic) bond motifs is 1. The van der Waals surface area contributed by atoms with Gasteiger partial charge in [-0.05, 0) is 181 Å². The number of hydrogen-bond acceptors (Lipinski definition) is 1. The summed E-state index contributed by atoms with van der Waals surface area (Å²) in [5.74, 6) is 2.85. The lowest BCUT2D eigenvalue weighted by Gasteiger charge is -2.34. The molecule has 7 atom stereocenters. The van der Waals surface area contributed by atoms with Crippen LogP contribution in [0, 0.1) is 23.7 Å². The van der Waals surface area contributed by atoms with Gasteiger partial charge in [0.1, 0.15) is 0 Å². The average molecular weight is 932 g/mol. The second kappa shape index (κ2) is 22.9. The Balaban J connectivity index is 0.938. The largest absolute Gasteiger partial charge is 0.311 e. The van der Waals surface area contributed by atoms with Crippen LogP contribution in [0.1, 0.15) is 149 Å². The zero-order chi connectivity index (χ0) is 48.5. The summed E-state index contributed by atoms with van der Waals surface area (Å²) in [4.78, 5) is 2.57. The van der Waals surface area contributed by atoms with Crippen LogP contribution in [-0.2, 0) is 12.8 Å². The summed E-state index contributed by atoms with van der Waals surface area (Å²) in [5.41, 5.74) is 19.7. The first-order valence-corrected chi connectivity index (χ1v) is 27.7. The molecular weight excluding hydrogens is 855 g/mol. The predicted molar refractivity (Wildman–Crippen MR) is 305 cm³/mol. The van der Waals surface area contributed by atoms with Crippen molar-refractivity contribution in [2.45, 2.75) is 128 Å². The molecule has 6 aliphatic carbocycles. The smallest absolute Gasteiger partial charge is 0.0496 e. The molecule has 0 aromatic heterocycles. The molecule has 0 saturated heterocycles. The van der Waals surface area contributed by atoms with Gasteiger partial charge in [-0.1, -0.05) is 203 Å². The van der Waals surface area contributed by atoms with Gasteiger partial charge in [0.15, 0.2) is 0 Å². The quantitative estimate of drug-likeness (QED) is 0.101. The zero-order valence-electron chi connectivity index (χ0n) is 43.0. The Morgan fingerprint density at radius 3 is 2.32 bits per heavy atom. The minimum atomic E-state index is 0.243. The highest BCUT2D eigenvalue weighted by atomic mass is 15.1. The maximum atomic E-state index is 4.99. The molecule has 71 heavy (non-hydrogen) atoms. The van der Waals surface area contributed by atoms with Crippen LogP contribution in [0.3, 0.4) is 0 Å². The van der Waals surface area contributed by atoms with Crippen molar-refractivity contribution >= 4 is 16.9 Å². The molecule has 1 heteroatoms. The molecule has 7 unspecified atom stereocenters. The second-order valence-electron chi connectivity index (χ2n) is 21.4. The van der Waals surface area contributed by atoms with Gasteiger partial charge in [0.25, 0.3) is 0 Å². The third-order valence-corrected chi connectivity index (χ3v) is 16.9. The molecule has 6 aliphatic rings. The van der Waals surface area contributed by atoms with Crippen molar-refractivity contribution in [3.05, 3.63) is 256 Å². The number of rotatable bonds is 16. The van der Waals surface area contributed by atoms with E-state index in [-0.39, 0.29) is 5.92 Å². The van der Waals surface area contributed by atoms with E-state index in [1.165, 1.54) is 98.4 Å². The molecule has 0 radical (unpaired) electrons. The molecule has 0 saturated carbocycles. The summed E-state index contributed by atoms with van der Waals surface area (Å²) in [6, 6.07) is 37.3. The number of aryl methyl sites for hydroxylation is 1. The Morgan fingerprint density at radius 1 is 0.732 bits per heavy atom. The first kappa shape index (κ1) is 48.4. The van der Waals surface area contributed by atoms with Crippen LogP contribution in [0.4, 0.5) is 11.4 Å². The van der Waals surface area contributed by atoms with Crippen molar-refractivity contribution in [1.29, 1.82) is 0 Å². The molecule has 0 amide bonds. The van der Waals surface area contributed by atoms with E-state index >= 15 is 0 Å². The lowest BCUT2D eigenvalue weighted by atomic mass is 9.70. The fourth-order valence-corrected chi connectivity index (χ4v) is 12.9. The summed E-state index contributed by atoms with van der Waals surface area (Å²) in [5, 5.41) is 0. The molecule has 362 valence electrons. The van der Waals surface area contributed by atoms with Crippen LogP contribution >= 0.6 is 0 Å². The molecule has 0 spiro atoms. The van der Waals surface area contributed by atoms with E-state index in [2.05, 4.69) is 214 Å². The lowest BCUT2D eigenvalue weighted by molar-refractivity contribution is 0.467. The van der Waals surface area contributed by atoms with Crippen molar-refractivity contribution < 1.29 is 0 Å². The highest BCUT2D eigenvalue weighted by molar-refractivity contribution is 5.81. The predicted octanol–water partition coefficient (Wildman–Crippen LogP) is 19.2. The van der Waals surface area contributed by atoms with Gasteiger partial charge in [-0.3, -0.25) is 0 Å². The molecule has 0 fully saturated rings. The van der Waals surface area contributed by atoms with Crippen LogP contribution in [0.5, 0.6) is 0 Å². The van der Waals surface area contributed by atoms with Crippen LogP contribution in [0.15, 0.2) is 223 Å². The van der Waals surface area contributed by atoms with Crippen LogP contribution < -0.4 is 4.90 Å². The van der Waals surface area contributed by atoms with E-state index in [4.69, 9.17) is 6.58 Å². The van der Waals surface area contributed by atoms with Gasteiger partial charge in [-0.15, -0.1) is 0 Å². The second-order valence-corrected chi connectivity index (χ2v) is 21.4. The van der Waals surface area contributed by atoms with Crippen molar-refractivity contribution in [2.24, 2.45) is 23.7 Å². The third kappa shape index (κ3) is 11.0. The topological polar surface area (TPSA) is 3.24 Å². The summed E-state index contributed by atoms with van der Waals surface area (Å²) < 4.78 is 0. The Morgan fingerprint density at radius 2 is 1.59 bits per heavy atom. The van der Waals surface area contributed by atoms with E-state index < -0.39 is 0 Å². The van der Waals surface area contributed by atoms with Gasteiger partial charge in [-0.2, -0.15) is 0 Å². The van der Waals surface area contributed by atoms with Crippen molar-refractivity contribution in [2.75, 3.05) is 4.90 Å². The van der Waals surface area contributed by atoms with E-state index in [0.29, 0.717) is 35.5 Å². The molecular formula is C70H77N. The number of hydrogen-bond donors (Lipinski definition) is 0. The number of benzene rings is 4. The number of allylic oxidation sites excluding steroid dienone is 20. The van der Waals surface area contributed by atoms with Crippen molar-refractivity contribution in [1.82, 2.24) is 0 Å². The monoisotopic (exact) mass is 932 g/mol. The van der Waals surface area contributed by atoms with Crippen LogP contribution in [0.2, 0.25) is 0 Å². The molecule has 4 aromatic carbocycles. The Hall–Kier alpha value is -6.18. The van der Waals surface area contributed by atoms with E-state index in [0.717, 1.165) is 64.2 Å². The fourth-order valence-electron chi connectivity index (χ4n) is 12.9. The minimum absolute atomic E-state index is 0.243. The summed E-state index contributed by atoms with van der Waals surface area (Å²) in [6.07, 6.45) is 52.1. The van der Waals surface area contributed by atoms with Gasteiger partial charge in [0.2, 0.25) is 0 Å². The summed E-state index contributed by atoms with van der Waals surface area (Å²) >= 11 is 0. The van der Waals surface area contributed by atoms with E-state index in [9.17, 15) is 0 Å². The van der Waals surface area contributed by atoms with Gasteiger partial charge < -0.3 is 4.90 Å². The summed E-state index contributed by atoms with van der Waals surface area (Å²) in [6.45, 7) is 12.2. The standard InChI is InChI=1S/C70H77N/c1-5-20-62(49-69(60-39-37-54(38-40-60)52-21-10-7-11-22-52)66(6-2)51(4)61-43-46-67(50(3)47-61)58-25-14-9-15-26-58)56-33-35-57(36-34-56)63-29-18-30-65(48-63)71(70-32-19-28-59-27-16-17-31-68(59)70)64-44-41-55(42-45-64)53-23-12-8-13-24-53/h7,9-12,14-15,18-19,21,23-26,28-30,32-33,35-41,44-45,47-50,52,55-56,66-67,69H,4-6,8,13,16-17,20,22,27,31,34,42-43,46H2,1-3H3/b62-49+. The van der Waals surface area contributed by atoms with Crippen molar-refractivity contribution in [3.8, 4) is 0 Å². The highest BCUT2D eigenvalue weighted by Gasteiger charge is 2.31.